The molecule has 0 N–H and O–H groups in total. The number of hydrogen-bond acceptors (Lipinski definition) is 5. The quantitative estimate of drug-likeness (QED) is 0.598. The number of piperidine rings is 1. The monoisotopic (exact) mass is 368 g/mol. The molecule has 27 heavy (non-hydrogen) atoms. The van der Waals surface area contributed by atoms with Gasteiger partial charge >= 0.3 is 5.97 Å². The van der Waals surface area contributed by atoms with Crippen molar-refractivity contribution in [3.63, 3.8) is 0 Å². The molecular formula is C21H24N2O4. The first-order chi connectivity index (χ1) is 13.0. The number of ether oxygens (including phenoxy) is 1. The van der Waals surface area contributed by atoms with Gasteiger partial charge < -0.3 is 14.2 Å². The Bertz CT molecular complexity index is 798. The van der Waals surface area contributed by atoms with Gasteiger partial charge in [0.05, 0.1) is 17.2 Å². The van der Waals surface area contributed by atoms with E-state index in [9.17, 15) is 9.59 Å². The Kier molecular flexibility index (Phi) is 6.06. The number of rotatable bonds is 5. The molecular weight excluding hydrogens is 344 g/mol. The Balaban J connectivity index is 1.46. The van der Waals surface area contributed by atoms with Crippen molar-refractivity contribution in [1.29, 1.82) is 0 Å². The second kappa shape index (κ2) is 8.66. The fourth-order valence-corrected chi connectivity index (χ4v) is 3.14. The highest BCUT2D eigenvalue weighted by Crippen LogP contribution is 2.21. The minimum atomic E-state index is -0.220. The van der Waals surface area contributed by atoms with Crippen LogP contribution in [0.15, 0.2) is 40.9 Å². The number of carbonyl (C=O) groups excluding carboxylic acids is 2. The van der Waals surface area contributed by atoms with Crippen molar-refractivity contribution in [2.24, 2.45) is 5.92 Å². The molecule has 1 aromatic heterocycles. The molecule has 142 valence electrons. The fourth-order valence-electron chi connectivity index (χ4n) is 3.14. The molecule has 1 aliphatic heterocycles. The number of benzene rings is 1. The average Bonchev–Trinajstić information content (AvgIpc) is 3.02. The number of carbonyl (C=O) groups is 2. The highest BCUT2D eigenvalue weighted by atomic mass is 16.5. The van der Waals surface area contributed by atoms with Gasteiger partial charge in [-0.3, -0.25) is 9.59 Å². The molecule has 0 saturated carbocycles. The van der Waals surface area contributed by atoms with E-state index in [0.29, 0.717) is 31.7 Å². The van der Waals surface area contributed by atoms with Gasteiger partial charge in [-0.05, 0) is 38.3 Å². The number of nitrogens with zero attached hydrogens (tertiary/aromatic N) is 2. The molecule has 1 saturated heterocycles. The maximum atomic E-state index is 12.3. The molecule has 1 amide bonds. The summed E-state index contributed by atoms with van der Waals surface area (Å²) in [5.74, 6) is 0.252. The number of hydrogen-bond donors (Lipinski definition) is 0. The Hall–Kier alpha value is -2.89. The SMILES string of the molecule is Cc1noc(C)c1COC(=O)C1CCN(C(=O)/C=C/c2ccccc2)CC1. The third-order valence-electron chi connectivity index (χ3n) is 4.90. The van der Waals surface area contributed by atoms with Crippen molar-refractivity contribution >= 4 is 18.0 Å². The van der Waals surface area contributed by atoms with Crippen LogP contribution < -0.4 is 0 Å². The van der Waals surface area contributed by atoms with Gasteiger partial charge in [0.25, 0.3) is 0 Å². The molecule has 0 bridgehead atoms. The zero-order valence-electron chi connectivity index (χ0n) is 15.7. The molecule has 2 aromatic rings. The van der Waals surface area contributed by atoms with Crippen LogP contribution in [-0.4, -0.2) is 35.0 Å². The van der Waals surface area contributed by atoms with Crippen LogP contribution in [0.4, 0.5) is 0 Å². The fraction of sp³-hybridized carbons (Fsp3) is 0.381. The van der Waals surface area contributed by atoms with Crippen molar-refractivity contribution in [2.75, 3.05) is 13.1 Å². The second-order valence-electron chi connectivity index (χ2n) is 6.75. The number of esters is 1. The predicted molar refractivity (Wildman–Crippen MR) is 101 cm³/mol. The lowest BCUT2D eigenvalue weighted by molar-refractivity contribution is -0.152. The first kappa shape index (κ1) is 18.9. The Morgan fingerprint density at radius 2 is 1.93 bits per heavy atom. The third-order valence-corrected chi connectivity index (χ3v) is 4.90. The second-order valence-corrected chi connectivity index (χ2v) is 6.75. The number of aromatic nitrogens is 1. The molecule has 0 radical (unpaired) electrons. The number of amides is 1. The van der Waals surface area contributed by atoms with E-state index in [-0.39, 0.29) is 24.4 Å². The molecule has 1 fully saturated rings. The summed E-state index contributed by atoms with van der Waals surface area (Å²) in [6.07, 6.45) is 4.63. The van der Waals surface area contributed by atoms with Crippen molar-refractivity contribution in [1.82, 2.24) is 10.1 Å². The number of likely N-dealkylation sites (tertiary alicyclic amines) is 1. The molecule has 0 unspecified atom stereocenters. The van der Waals surface area contributed by atoms with Gasteiger partial charge in [0.15, 0.2) is 0 Å². The van der Waals surface area contributed by atoms with E-state index < -0.39 is 0 Å². The van der Waals surface area contributed by atoms with Gasteiger partial charge in [0, 0.05) is 19.2 Å². The van der Waals surface area contributed by atoms with E-state index in [1.54, 1.807) is 17.9 Å². The molecule has 6 nitrogen and oxygen atoms in total. The van der Waals surface area contributed by atoms with Gasteiger partial charge in [0.1, 0.15) is 12.4 Å². The Morgan fingerprint density at radius 1 is 1.22 bits per heavy atom. The van der Waals surface area contributed by atoms with Gasteiger partial charge in [-0.25, -0.2) is 0 Å². The van der Waals surface area contributed by atoms with E-state index in [1.165, 1.54) is 0 Å². The van der Waals surface area contributed by atoms with Gasteiger partial charge in [0.2, 0.25) is 5.91 Å². The smallest absolute Gasteiger partial charge is 0.309 e. The van der Waals surface area contributed by atoms with Crippen molar-refractivity contribution in [3.05, 3.63) is 59.0 Å². The van der Waals surface area contributed by atoms with Crippen molar-refractivity contribution in [3.8, 4) is 0 Å². The van der Waals surface area contributed by atoms with Crippen molar-refractivity contribution in [2.45, 2.75) is 33.3 Å². The summed E-state index contributed by atoms with van der Waals surface area (Å²) in [5, 5.41) is 3.86. The normalized spacial score (nSPS) is 15.3. The molecule has 0 spiro atoms. The molecule has 6 heteroatoms. The Morgan fingerprint density at radius 3 is 2.56 bits per heavy atom. The van der Waals surface area contributed by atoms with E-state index in [2.05, 4.69) is 5.16 Å². The highest BCUT2D eigenvalue weighted by Gasteiger charge is 2.28. The predicted octanol–water partition coefficient (Wildman–Crippen LogP) is 3.29. The summed E-state index contributed by atoms with van der Waals surface area (Å²) in [7, 11) is 0. The molecule has 2 heterocycles. The van der Waals surface area contributed by atoms with E-state index in [4.69, 9.17) is 9.26 Å². The molecule has 3 rings (SSSR count). The lowest BCUT2D eigenvalue weighted by Crippen LogP contribution is -2.39. The molecule has 1 aliphatic rings. The topological polar surface area (TPSA) is 72.6 Å². The van der Waals surface area contributed by atoms with E-state index >= 15 is 0 Å². The summed E-state index contributed by atoms with van der Waals surface area (Å²) in [6.45, 7) is 4.92. The lowest BCUT2D eigenvalue weighted by atomic mass is 9.97. The zero-order chi connectivity index (χ0) is 19.2. The van der Waals surface area contributed by atoms with Crippen LogP contribution in [0.3, 0.4) is 0 Å². The van der Waals surface area contributed by atoms with Crippen LogP contribution in [0.1, 0.15) is 35.4 Å². The highest BCUT2D eigenvalue weighted by molar-refractivity contribution is 5.92. The summed E-state index contributed by atoms with van der Waals surface area (Å²) in [4.78, 5) is 26.4. The average molecular weight is 368 g/mol. The Labute approximate surface area is 158 Å². The van der Waals surface area contributed by atoms with Crippen LogP contribution in [0.2, 0.25) is 0 Å². The third kappa shape index (κ3) is 4.84. The summed E-state index contributed by atoms with van der Waals surface area (Å²) in [5.41, 5.74) is 2.55. The summed E-state index contributed by atoms with van der Waals surface area (Å²) in [6, 6.07) is 9.71. The van der Waals surface area contributed by atoms with Crippen LogP contribution in [0.5, 0.6) is 0 Å². The first-order valence-electron chi connectivity index (χ1n) is 9.15. The maximum Gasteiger partial charge on any atom is 0.309 e. The number of aryl methyl sites for hydroxylation is 2. The lowest BCUT2D eigenvalue weighted by Gasteiger charge is -2.30. The summed E-state index contributed by atoms with van der Waals surface area (Å²) < 4.78 is 10.5. The van der Waals surface area contributed by atoms with E-state index in [0.717, 1.165) is 16.8 Å². The largest absolute Gasteiger partial charge is 0.460 e. The molecule has 0 aliphatic carbocycles. The van der Waals surface area contributed by atoms with Crippen LogP contribution in [-0.2, 0) is 20.9 Å². The van der Waals surface area contributed by atoms with Crippen LogP contribution in [0.25, 0.3) is 6.08 Å². The van der Waals surface area contributed by atoms with Crippen molar-refractivity contribution < 1.29 is 18.8 Å². The van der Waals surface area contributed by atoms with Gasteiger partial charge in [-0.15, -0.1) is 0 Å². The van der Waals surface area contributed by atoms with Crippen LogP contribution >= 0.6 is 0 Å². The van der Waals surface area contributed by atoms with E-state index in [1.807, 2.05) is 43.3 Å². The van der Waals surface area contributed by atoms with Gasteiger partial charge in [-0.1, -0.05) is 35.5 Å². The summed E-state index contributed by atoms with van der Waals surface area (Å²) >= 11 is 0. The van der Waals surface area contributed by atoms with Crippen LogP contribution in [0, 0.1) is 19.8 Å². The standard InChI is InChI=1S/C21H24N2O4/c1-15-19(16(2)27-22-15)14-26-21(25)18-10-12-23(13-11-18)20(24)9-8-17-6-4-3-5-7-17/h3-9,18H,10-14H2,1-2H3/b9-8+. The first-order valence-corrected chi connectivity index (χ1v) is 9.15. The molecule has 1 aromatic carbocycles. The molecule has 0 atom stereocenters. The van der Waals surface area contributed by atoms with Gasteiger partial charge in [-0.2, -0.15) is 0 Å². The maximum absolute atomic E-state index is 12.3. The zero-order valence-corrected chi connectivity index (χ0v) is 15.7. The minimum Gasteiger partial charge on any atom is -0.460 e. The minimum absolute atomic E-state index is 0.0265.